The largest absolute Gasteiger partial charge is 0.441 e. The molecule has 0 fully saturated rings. The third-order valence-corrected chi connectivity index (χ3v) is 4.45. The lowest BCUT2D eigenvalue weighted by Crippen LogP contribution is -2.05. The third-order valence-electron chi connectivity index (χ3n) is 4.45. The fourth-order valence-corrected chi connectivity index (χ4v) is 3.57. The van der Waals surface area contributed by atoms with Crippen molar-refractivity contribution in [2.75, 3.05) is 0 Å². The van der Waals surface area contributed by atoms with Crippen molar-refractivity contribution in [3.63, 3.8) is 0 Å². The van der Waals surface area contributed by atoms with Gasteiger partial charge in [0.15, 0.2) is 17.3 Å². The molecule has 2 aromatic heterocycles. The SMILES string of the molecule is Cc1cc(C)c(-n2c(C)nnc2-c2cccc3oc(C)nc23)c(C)c1. The molecule has 0 aliphatic carbocycles. The van der Waals surface area contributed by atoms with Gasteiger partial charge in [-0.15, -0.1) is 10.2 Å². The summed E-state index contributed by atoms with van der Waals surface area (Å²) in [6.07, 6.45) is 0. The molecule has 4 aromatic rings. The van der Waals surface area contributed by atoms with Gasteiger partial charge in [0.2, 0.25) is 0 Å². The van der Waals surface area contributed by atoms with Crippen molar-refractivity contribution in [2.24, 2.45) is 0 Å². The van der Waals surface area contributed by atoms with Gasteiger partial charge in [-0.05, 0) is 51.0 Å². The first-order valence-electron chi connectivity index (χ1n) is 8.32. The molecule has 0 amide bonds. The molecule has 0 atom stereocenters. The van der Waals surface area contributed by atoms with Crippen LogP contribution in [0, 0.1) is 34.6 Å². The highest BCUT2D eigenvalue weighted by Gasteiger charge is 2.20. The summed E-state index contributed by atoms with van der Waals surface area (Å²) in [5.74, 6) is 2.28. The zero-order chi connectivity index (χ0) is 17.7. The van der Waals surface area contributed by atoms with Crippen molar-refractivity contribution in [2.45, 2.75) is 34.6 Å². The summed E-state index contributed by atoms with van der Waals surface area (Å²) in [6, 6.07) is 10.3. The Morgan fingerprint density at radius 3 is 2.36 bits per heavy atom. The van der Waals surface area contributed by atoms with Gasteiger partial charge in [0.1, 0.15) is 11.3 Å². The van der Waals surface area contributed by atoms with E-state index in [9.17, 15) is 0 Å². The van der Waals surface area contributed by atoms with E-state index in [2.05, 4.69) is 52.7 Å². The van der Waals surface area contributed by atoms with E-state index in [-0.39, 0.29) is 0 Å². The van der Waals surface area contributed by atoms with E-state index >= 15 is 0 Å². The minimum atomic E-state index is 0.646. The molecule has 0 saturated heterocycles. The molecule has 5 heteroatoms. The van der Waals surface area contributed by atoms with Crippen LogP contribution >= 0.6 is 0 Å². The molecule has 0 saturated carbocycles. The monoisotopic (exact) mass is 332 g/mol. The molecule has 0 aliphatic heterocycles. The normalized spacial score (nSPS) is 11.4. The van der Waals surface area contributed by atoms with E-state index in [4.69, 9.17) is 4.42 Å². The fourth-order valence-electron chi connectivity index (χ4n) is 3.57. The number of aromatic nitrogens is 4. The van der Waals surface area contributed by atoms with Gasteiger partial charge in [-0.1, -0.05) is 23.8 Å². The number of benzene rings is 2. The lowest BCUT2D eigenvalue weighted by Gasteiger charge is -2.16. The quantitative estimate of drug-likeness (QED) is 0.537. The maximum absolute atomic E-state index is 5.68. The molecular formula is C20H20N4O. The highest BCUT2D eigenvalue weighted by atomic mass is 16.3. The second kappa shape index (κ2) is 5.55. The third kappa shape index (κ3) is 2.43. The Bertz CT molecular complexity index is 1080. The van der Waals surface area contributed by atoms with Crippen LogP contribution in [-0.2, 0) is 0 Å². The van der Waals surface area contributed by atoms with Gasteiger partial charge in [-0.3, -0.25) is 4.57 Å². The summed E-state index contributed by atoms with van der Waals surface area (Å²) in [5.41, 5.74) is 7.28. The van der Waals surface area contributed by atoms with Crippen LogP contribution in [0.25, 0.3) is 28.2 Å². The predicted octanol–water partition coefficient (Wildman–Crippen LogP) is 4.62. The maximum Gasteiger partial charge on any atom is 0.192 e. The number of nitrogens with zero attached hydrogens (tertiary/aromatic N) is 4. The molecule has 2 aromatic carbocycles. The van der Waals surface area contributed by atoms with Crippen LogP contribution in [0.5, 0.6) is 0 Å². The van der Waals surface area contributed by atoms with Crippen molar-refractivity contribution in [1.82, 2.24) is 19.7 Å². The molecule has 126 valence electrons. The summed E-state index contributed by atoms with van der Waals surface area (Å²) in [4.78, 5) is 4.54. The minimum absolute atomic E-state index is 0.646. The molecule has 5 nitrogen and oxygen atoms in total. The number of hydrogen-bond acceptors (Lipinski definition) is 4. The van der Waals surface area contributed by atoms with Gasteiger partial charge in [0.25, 0.3) is 0 Å². The second-order valence-corrected chi connectivity index (χ2v) is 6.54. The predicted molar refractivity (Wildman–Crippen MR) is 98.0 cm³/mol. The molecule has 0 aliphatic rings. The van der Waals surface area contributed by atoms with Crippen LogP contribution in [-0.4, -0.2) is 19.7 Å². The van der Waals surface area contributed by atoms with Gasteiger partial charge in [0, 0.05) is 12.5 Å². The minimum Gasteiger partial charge on any atom is -0.441 e. The van der Waals surface area contributed by atoms with Crippen molar-refractivity contribution >= 4 is 11.1 Å². The topological polar surface area (TPSA) is 56.7 Å². The number of oxazole rings is 1. The van der Waals surface area contributed by atoms with Gasteiger partial charge in [0.05, 0.1) is 5.69 Å². The maximum atomic E-state index is 5.68. The Morgan fingerprint density at radius 2 is 1.64 bits per heavy atom. The number of hydrogen-bond donors (Lipinski definition) is 0. The standard InChI is InChI=1S/C20H20N4O/c1-11-9-12(2)19(13(3)10-11)24-14(4)22-23-20(24)16-7-6-8-17-18(16)21-15(5)25-17/h6-10H,1-5H3. The summed E-state index contributed by atoms with van der Waals surface area (Å²) >= 11 is 0. The van der Waals surface area contributed by atoms with Gasteiger partial charge in [-0.25, -0.2) is 4.98 Å². The van der Waals surface area contributed by atoms with Gasteiger partial charge < -0.3 is 4.42 Å². The first-order valence-corrected chi connectivity index (χ1v) is 8.32. The van der Waals surface area contributed by atoms with Crippen molar-refractivity contribution in [3.05, 3.63) is 58.7 Å². The molecule has 25 heavy (non-hydrogen) atoms. The summed E-state index contributed by atoms with van der Waals surface area (Å²) in [5, 5.41) is 8.80. The summed E-state index contributed by atoms with van der Waals surface area (Å²) in [6.45, 7) is 10.2. The van der Waals surface area contributed by atoms with E-state index in [0.717, 1.165) is 34.0 Å². The zero-order valence-corrected chi connectivity index (χ0v) is 15.1. The van der Waals surface area contributed by atoms with E-state index in [0.29, 0.717) is 5.89 Å². The Balaban J connectivity index is 2.04. The number of para-hydroxylation sites is 1. The molecular weight excluding hydrogens is 312 g/mol. The second-order valence-electron chi connectivity index (χ2n) is 6.54. The lowest BCUT2D eigenvalue weighted by atomic mass is 10.0. The fraction of sp³-hybridized carbons (Fsp3) is 0.250. The smallest absolute Gasteiger partial charge is 0.192 e. The molecule has 0 radical (unpaired) electrons. The highest BCUT2D eigenvalue weighted by Crippen LogP contribution is 2.32. The Hall–Kier alpha value is -2.95. The molecule has 0 N–H and O–H groups in total. The van der Waals surface area contributed by atoms with Crippen molar-refractivity contribution < 1.29 is 4.42 Å². The van der Waals surface area contributed by atoms with Crippen LogP contribution in [0.2, 0.25) is 0 Å². The van der Waals surface area contributed by atoms with Gasteiger partial charge >= 0.3 is 0 Å². The van der Waals surface area contributed by atoms with Crippen molar-refractivity contribution in [1.29, 1.82) is 0 Å². The van der Waals surface area contributed by atoms with Crippen LogP contribution in [0.15, 0.2) is 34.7 Å². The average Bonchev–Trinajstić information content (AvgIpc) is 3.09. The first kappa shape index (κ1) is 15.6. The highest BCUT2D eigenvalue weighted by molar-refractivity contribution is 5.89. The van der Waals surface area contributed by atoms with E-state index in [1.54, 1.807) is 0 Å². The first-order chi connectivity index (χ1) is 12.0. The lowest BCUT2D eigenvalue weighted by molar-refractivity contribution is 0.561. The zero-order valence-electron chi connectivity index (χ0n) is 15.1. The van der Waals surface area contributed by atoms with Gasteiger partial charge in [-0.2, -0.15) is 0 Å². The van der Waals surface area contributed by atoms with Crippen LogP contribution < -0.4 is 0 Å². The molecule has 0 spiro atoms. The molecule has 2 heterocycles. The number of rotatable bonds is 2. The average molecular weight is 332 g/mol. The summed E-state index contributed by atoms with van der Waals surface area (Å²) in [7, 11) is 0. The van der Waals surface area contributed by atoms with E-state index in [1.807, 2.05) is 32.0 Å². The number of fused-ring (bicyclic) bond motifs is 1. The molecule has 0 unspecified atom stereocenters. The molecule has 0 bridgehead atoms. The molecule has 4 rings (SSSR count). The Labute approximate surface area is 146 Å². The van der Waals surface area contributed by atoms with E-state index < -0.39 is 0 Å². The van der Waals surface area contributed by atoms with Crippen LogP contribution in [0.4, 0.5) is 0 Å². The Morgan fingerprint density at radius 1 is 0.920 bits per heavy atom. The number of aryl methyl sites for hydroxylation is 5. The van der Waals surface area contributed by atoms with Crippen LogP contribution in [0.3, 0.4) is 0 Å². The van der Waals surface area contributed by atoms with Crippen molar-refractivity contribution in [3.8, 4) is 17.1 Å². The van der Waals surface area contributed by atoms with Crippen LogP contribution in [0.1, 0.15) is 28.4 Å². The Kier molecular flexibility index (Phi) is 3.46. The van der Waals surface area contributed by atoms with E-state index in [1.165, 1.54) is 16.7 Å². The summed E-state index contributed by atoms with van der Waals surface area (Å²) < 4.78 is 7.79.